The van der Waals surface area contributed by atoms with Crippen LogP contribution in [0, 0.1) is 0 Å². The number of hydrogen-bond acceptors (Lipinski definition) is 6. The van der Waals surface area contributed by atoms with Crippen molar-refractivity contribution >= 4 is 28.2 Å². The number of fused-ring (bicyclic) bond motifs is 1. The standard InChI is InChI=1S/C20H17N3O3S/c1-25-19-15-11-22-23(18(15)16(10-21-19)20(24)26-2)12-14-8-9-17(27-14)13-6-4-3-5-7-13/h3-11H,12H2,1-2H3. The van der Waals surface area contributed by atoms with Crippen molar-refractivity contribution in [2.24, 2.45) is 0 Å². The van der Waals surface area contributed by atoms with Gasteiger partial charge in [0.2, 0.25) is 5.88 Å². The Morgan fingerprint density at radius 3 is 2.67 bits per heavy atom. The van der Waals surface area contributed by atoms with Gasteiger partial charge in [0.1, 0.15) is 5.56 Å². The highest BCUT2D eigenvalue weighted by atomic mass is 32.1. The van der Waals surface area contributed by atoms with Crippen LogP contribution in [0.1, 0.15) is 15.2 Å². The molecule has 0 aliphatic carbocycles. The summed E-state index contributed by atoms with van der Waals surface area (Å²) in [5, 5.41) is 5.13. The summed E-state index contributed by atoms with van der Waals surface area (Å²) < 4.78 is 12.0. The Kier molecular flexibility index (Phi) is 4.60. The van der Waals surface area contributed by atoms with Gasteiger partial charge in [-0.3, -0.25) is 4.68 Å². The fraction of sp³-hybridized carbons (Fsp3) is 0.150. The fourth-order valence-corrected chi connectivity index (χ4v) is 3.99. The van der Waals surface area contributed by atoms with Crippen molar-refractivity contribution in [3.8, 4) is 16.3 Å². The first kappa shape index (κ1) is 17.2. The predicted molar refractivity (Wildman–Crippen MR) is 104 cm³/mol. The van der Waals surface area contributed by atoms with Gasteiger partial charge in [0.05, 0.1) is 37.9 Å². The molecule has 0 spiro atoms. The number of nitrogens with zero attached hydrogens (tertiary/aromatic N) is 3. The summed E-state index contributed by atoms with van der Waals surface area (Å²) in [6.45, 7) is 0.540. The molecule has 4 aromatic rings. The Balaban J connectivity index is 1.74. The predicted octanol–water partition coefficient (Wildman–Crippen LogP) is 4.00. The molecule has 3 aromatic heterocycles. The molecule has 0 N–H and O–H groups in total. The molecule has 0 aliphatic rings. The lowest BCUT2D eigenvalue weighted by Gasteiger charge is -2.08. The van der Waals surface area contributed by atoms with Crippen LogP contribution in [0.4, 0.5) is 0 Å². The van der Waals surface area contributed by atoms with Crippen LogP contribution in [-0.4, -0.2) is 35.0 Å². The van der Waals surface area contributed by atoms with Crippen molar-refractivity contribution in [1.82, 2.24) is 14.8 Å². The minimum Gasteiger partial charge on any atom is -0.480 e. The van der Waals surface area contributed by atoms with Crippen molar-refractivity contribution in [2.75, 3.05) is 14.2 Å². The van der Waals surface area contributed by atoms with Gasteiger partial charge in [-0.1, -0.05) is 30.3 Å². The summed E-state index contributed by atoms with van der Waals surface area (Å²) >= 11 is 1.70. The normalized spacial score (nSPS) is 10.9. The first-order valence-corrected chi connectivity index (χ1v) is 9.14. The molecule has 7 heteroatoms. The number of hydrogen-bond donors (Lipinski definition) is 0. The summed E-state index contributed by atoms with van der Waals surface area (Å²) in [6, 6.07) is 14.4. The largest absolute Gasteiger partial charge is 0.480 e. The lowest BCUT2D eigenvalue weighted by Crippen LogP contribution is -2.08. The van der Waals surface area contributed by atoms with Gasteiger partial charge < -0.3 is 9.47 Å². The number of aromatic nitrogens is 3. The third-order valence-corrected chi connectivity index (χ3v) is 5.38. The Labute approximate surface area is 160 Å². The number of esters is 1. The zero-order valence-electron chi connectivity index (χ0n) is 14.9. The molecule has 0 aliphatic heterocycles. The van der Waals surface area contributed by atoms with Crippen LogP contribution in [-0.2, 0) is 11.3 Å². The molecule has 0 saturated heterocycles. The van der Waals surface area contributed by atoms with Gasteiger partial charge >= 0.3 is 5.97 Å². The van der Waals surface area contributed by atoms with Gasteiger partial charge in [0.15, 0.2) is 0 Å². The maximum atomic E-state index is 12.2. The Bertz CT molecular complexity index is 1100. The van der Waals surface area contributed by atoms with Crippen molar-refractivity contribution in [1.29, 1.82) is 0 Å². The minimum absolute atomic E-state index is 0.366. The summed E-state index contributed by atoms with van der Waals surface area (Å²) in [7, 11) is 2.90. The first-order chi connectivity index (χ1) is 13.2. The highest BCUT2D eigenvalue weighted by molar-refractivity contribution is 7.15. The molecule has 0 amide bonds. The van der Waals surface area contributed by atoms with Crippen LogP contribution in [0.3, 0.4) is 0 Å². The summed E-state index contributed by atoms with van der Waals surface area (Å²) in [5.74, 6) is -0.0203. The zero-order valence-corrected chi connectivity index (χ0v) is 15.7. The molecule has 0 unspecified atom stereocenters. The Hall–Kier alpha value is -3.19. The molecule has 1 aromatic carbocycles. The summed E-state index contributed by atoms with van der Waals surface area (Å²) in [5.41, 5.74) is 2.20. The molecular formula is C20H17N3O3S. The third-order valence-electron chi connectivity index (χ3n) is 4.26. The van der Waals surface area contributed by atoms with Gasteiger partial charge in [-0.05, 0) is 17.7 Å². The van der Waals surface area contributed by atoms with Gasteiger partial charge in [-0.15, -0.1) is 11.3 Å². The molecule has 0 saturated carbocycles. The summed E-state index contributed by atoms with van der Waals surface area (Å²) in [6.07, 6.45) is 3.13. The molecule has 6 nitrogen and oxygen atoms in total. The van der Waals surface area contributed by atoms with E-state index in [1.165, 1.54) is 23.7 Å². The van der Waals surface area contributed by atoms with Crippen LogP contribution >= 0.6 is 11.3 Å². The highest BCUT2D eigenvalue weighted by Crippen LogP contribution is 2.31. The lowest BCUT2D eigenvalue weighted by atomic mass is 10.2. The number of benzene rings is 1. The molecule has 136 valence electrons. The SMILES string of the molecule is COC(=O)c1cnc(OC)c2cnn(Cc3ccc(-c4ccccc4)s3)c12. The van der Waals surface area contributed by atoms with Crippen LogP contribution in [0.25, 0.3) is 21.3 Å². The molecule has 27 heavy (non-hydrogen) atoms. The zero-order chi connectivity index (χ0) is 18.8. The van der Waals surface area contributed by atoms with Gasteiger partial charge in [0, 0.05) is 16.0 Å². The molecule has 0 radical (unpaired) electrons. The van der Waals surface area contributed by atoms with E-state index >= 15 is 0 Å². The van der Waals surface area contributed by atoms with Gasteiger partial charge in [-0.2, -0.15) is 5.10 Å². The van der Waals surface area contributed by atoms with E-state index in [1.807, 2.05) is 18.2 Å². The molecule has 3 heterocycles. The quantitative estimate of drug-likeness (QED) is 0.490. The van der Waals surface area contributed by atoms with E-state index < -0.39 is 5.97 Å². The number of ether oxygens (including phenoxy) is 2. The number of methoxy groups -OCH3 is 2. The fourth-order valence-electron chi connectivity index (χ4n) is 2.99. The number of pyridine rings is 1. The average molecular weight is 379 g/mol. The van der Waals surface area contributed by atoms with E-state index in [0.717, 1.165) is 4.88 Å². The second kappa shape index (κ2) is 7.20. The van der Waals surface area contributed by atoms with Crippen molar-refractivity contribution in [2.45, 2.75) is 6.54 Å². The van der Waals surface area contributed by atoms with E-state index in [4.69, 9.17) is 9.47 Å². The molecule has 4 rings (SSSR count). The lowest BCUT2D eigenvalue weighted by molar-refractivity contribution is 0.0602. The second-order valence-corrected chi connectivity index (χ2v) is 7.04. The smallest absolute Gasteiger partial charge is 0.341 e. The van der Waals surface area contributed by atoms with E-state index in [0.29, 0.717) is 28.9 Å². The van der Waals surface area contributed by atoms with Crippen LogP contribution in [0.15, 0.2) is 54.9 Å². The van der Waals surface area contributed by atoms with Crippen LogP contribution < -0.4 is 4.74 Å². The van der Waals surface area contributed by atoms with E-state index in [9.17, 15) is 4.79 Å². The first-order valence-electron chi connectivity index (χ1n) is 8.32. The highest BCUT2D eigenvalue weighted by Gasteiger charge is 2.19. The number of carbonyl (C=O) groups excluding carboxylic acids is 1. The van der Waals surface area contributed by atoms with Crippen LogP contribution in [0.2, 0.25) is 0 Å². The van der Waals surface area contributed by atoms with Crippen molar-refractivity contribution in [3.05, 3.63) is 65.3 Å². The monoisotopic (exact) mass is 379 g/mol. The van der Waals surface area contributed by atoms with Crippen LogP contribution in [0.5, 0.6) is 5.88 Å². The maximum Gasteiger partial charge on any atom is 0.341 e. The third kappa shape index (κ3) is 3.17. The van der Waals surface area contributed by atoms with E-state index in [-0.39, 0.29) is 0 Å². The molecular weight excluding hydrogens is 362 g/mol. The molecule has 0 atom stereocenters. The summed E-state index contributed by atoms with van der Waals surface area (Å²) in [4.78, 5) is 18.7. The van der Waals surface area contributed by atoms with Gasteiger partial charge in [0.25, 0.3) is 0 Å². The maximum absolute atomic E-state index is 12.2. The van der Waals surface area contributed by atoms with Gasteiger partial charge in [-0.25, -0.2) is 9.78 Å². The Morgan fingerprint density at radius 2 is 1.93 bits per heavy atom. The Morgan fingerprint density at radius 1 is 1.11 bits per heavy atom. The number of carbonyl (C=O) groups is 1. The number of rotatable bonds is 5. The molecule has 0 fully saturated rings. The topological polar surface area (TPSA) is 66.2 Å². The average Bonchev–Trinajstić information content (AvgIpc) is 3.35. The second-order valence-electron chi connectivity index (χ2n) is 5.87. The van der Waals surface area contributed by atoms with Crippen molar-refractivity contribution < 1.29 is 14.3 Å². The van der Waals surface area contributed by atoms with Crippen molar-refractivity contribution in [3.63, 3.8) is 0 Å². The minimum atomic E-state index is -0.451. The number of thiophene rings is 1. The molecule has 0 bridgehead atoms. The van der Waals surface area contributed by atoms with E-state index in [1.54, 1.807) is 29.3 Å². The van der Waals surface area contributed by atoms with E-state index in [2.05, 4.69) is 34.3 Å².